The number of carbonyl (C=O) groups is 1. The maximum absolute atomic E-state index is 12.6. The summed E-state index contributed by atoms with van der Waals surface area (Å²) in [7, 11) is 1.66. The van der Waals surface area contributed by atoms with E-state index in [0.717, 1.165) is 28.5 Å². The summed E-state index contributed by atoms with van der Waals surface area (Å²) in [5.41, 5.74) is -0.0449. The monoisotopic (exact) mass is 574 g/mol. The van der Waals surface area contributed by atoms with Crippen LogP contribution >= 0.6 is 0 Å². The molecule has 2 aromatic rings. The Bertz CT molecular complexity index is 929. The SMILES string of the molecule is C=[C](CCC(C)(C(=O)O)c1ccc2cc(OC)ccc2c1)[Sn]([CH2]CCC)([CH2]CCC)[CH2]CCC. The van der Waals surface area contributed by atoms with Crippen molar-refractivity contribution in [3.8, 4) is 5.75 Å². The van der Waals surface area contributed by atoms with Crippen LogP contribution in [0, 0.1) is 0 Å². The van der Waals surface area contributed by atoms with E-state index in [1.165, 1.54) is 55.4 Å². The summed E-state index contributed by atoms with van der Waals surface area (Å²) >= 11 is -2.57. The van der Waals surface area contributed by atoms with Crippen LogP contribution in [-0.2, 0) is 10.2 Å². The number of carboxylic acids is 1. The van der Waals surface area contributed by atoms with Crippen molar-refractivity contribution in [2.24, 2.45) is 0 Å². The summed E-state index contributed by atoms with van der Waals surface area (Å²) in [6.07, 6.45) is 9.06. The second kappa shape index (κ2) is 13.6. The van der Waals surface area contributed by atoms with E-state index >= 15 is 0 Å². The minimum atomic E-state index is -2.57. The number of allylic oxidation sites excluding steroid dienone is 1. The predicted molar refractivity (Wildman–Crippen MR) is 149 cm³/mol. The summed E-state index contributed by atoms with van der Waals surface area (Å²) in [6, 6.07) is 12.0. The predicted octanol–water partition coefficient (Wildman–Crippen LogP) is 8.92. The molecule has 1 unspecified atom stereocenters. The van der Waals surface area contributed by atoms with E-state index in [4.69, 9.17) is 11.3 Å². The molecule has 0 saturated heterocycles. The van der Waals surface area contributed by atoms with E-state index in [1.807, 2.05) is 43.3 Å². The molecule has 0 aliphatic carbocycles. The van der Waals surface area contributed by atoms with Gasteiger partial charge in [-0.05, 0) is 0 Å². The van der Waals surface area contributed by atoms with E-state index in [0.29, 0.717) is 6.42 Å². The molecule has 0 saturated carbocycles. The Morgan fingerprint density at radius 2 is 1.47 bits per heavy atom. The molecule has 0 amide bonds. The van der Waals surface area contributed by atoms with Crippen LogP contribution < -0.4 is 4.74 Å². The van der Waals surface area contributed by atoms with Gasteiger partial charge in [-0.1, -0.05) is 0 Å². The third kappa shape index (κ3) is 7.02. The van der Waals surface area contributed by atoms with Gasteiger partial charge < -0.3 is 0 Å². The molecule has 188 valence electrons. The average molecular weight is 573 g/mol. The zero-order valence-electron chi connectivity index (χ0n) is 22.2. The number of ether oxygens (including phenoxy) is 1. The summed E-state index contributed by atoms with van der Waals surface area (Å²) in [4.78, 5) is 12.6. The van der Waals surface area contributed by atoms with Crippen molar-refractivity contribution in [1.29, 1.82) is 0 Å². The van der Waals surface area contributed by atoms with Gasteiger partial charge in [-0.2, -0.15) is 0 Å². The molecule has 2 rings (SSSR count). The first kappa shape index (κ1) is 28.7. The van der Waals surface area contributed by atoms with Crippen molar-refractivity contribution >= 4 is 35.1 Å². The molecule has 4 heteroatoms. The van der Waals surface area contributed by atoms with Crippen LogP contribution in [0.4, 0.5) is 0 Å². The Morgan fingerprint density at radius 1 is 0.941 bits per heavy atom. The molecular formula is C30H46O3Sn. The number of rotatable bonds is 16. The molecule has 0 aromatic heterocycles. The zero-order valence-corrected chi connectivity index (χ0v) is 25.1. The van der Waals surface area contributed by atoms with Gasteiger partial charge >= 0.3 is 213 Å². The fourth-order valence-corrected chi connectivity index (χ4v) is 21.0. The Hall–Kier alpha value is -1.49. The molecule has 1 atom stereocenters. The van der Waals surface area contributed by atoms with Gasteiger partial charge in [-0.3, -0.25) is 0 Å². The van der Waals surface area contributed by atoms with Gasteiger partial charge in [0, 0.05) is 0 Å². The number of unbranched alkanes of at least 4 members (excludes halogenated alkanes) is 3. The first-order valence-corrected chi connectivity index (χ1v) is 20.7. The van der Waals surface area contributed by atoms with Crippen LogP contribution in [-0.4, -0.2) is 36.6 Å². The first-order valence-electron chi connectivity index (χ1n) is 13.3. The first-order chi connectivity index (χ1) is 16.3. The van der Waals surface area contributed by atoms with Gasteiger partial charge in [0.05, 0.1) is 0 Å². The van der Waals surface area contributed by atoms with Crippen molar-refractivity contribution < 1.29 is 14.6 Å². The summed E-state index contributed by atoms with van der Waals surface area (Å²) in [5.74, 6) is 0.0669. The van der Waals surface area contributed by atoms with Gasteiger partial charge in [-0.15, -0.1) is 0 Å². The van der Waals surface area contributed by atoms with Crippen LogP contribution in [0.3, 0.4) is 0 Å². The van der Waals surface area contributed by atoms with Crippen molar-refractivity contribution in [3.63, 3.8) is 0 Å². The topological polar surface area (TPSA) is 46.5 Å². The summed E-state index contributed by atoms with van der Waals surface area (Å²) in [5, 5.41) is 12.5. The normalized spacial score (nSPS) is 13.6. The number of hydrogen-bond acceptors (Lipinski definition) is 2. The molecule has 0 bridgehead atoms. The van der Waals surface area contributed by atoms with Crippen LogP contribution in [0.25, 0.3) is 10.8 Å². The molecular weight excluding hydrogens is 527 g/mol. The van der Waals surface area contributed by atoms with E-state index in [-0.39, 0.29) is 0 Å². The quantitative estimate of drug-likeness (QED) is 0.204. The van der Waals surface area contributed by atoms with E-state index in [2.05, 4.69) is 20.8 Å². The molecule has 0 fully saturated rings. The average Bonchev–Trinajstić information content (AvgIpc) is 2.85. The molecule has 34 heavy (non-hydrogen) atoms. The summed E-state index contributed by atoms with van der Waals surface area (Å²) in [6.45, 7) is 13.5. The van der Waals surface area contributed by atoms with Crippen molar-refractivity contribution in [2.75, 3.05) is 7.11 Å². The van der Waals surface area contributed by atoms with Crippen LogP contribution in [0.15, 0.2) is 46.6 Å². The fraction of sp³-hybridized carbons (Fsp3) is 0.567. The third-order valence-corrected chi connectivity index (χ3v) is 24.1. The van der Waals surface area contributed by atoms with Gasteiger partial charge in [0.25, 0.3) is 0 Å². The third-order valence-electron chi connectivity index (χ3n) is 7.86. The number of hydrogen-bond donors (Lipinski definition) is 1. The molecule has 2 aromatic carbocycles. The van der Waals surface area contributed by atoms with Crippen LogP contribution in [0.1, 0.15) is 84.6 Å². The standard InChI is InChI=1S/C18H19O3.3C4H9.Sn/c1-4-5-10-18(2,17(19)20)15-8-6-14-12-16(21-3)9-7-13(14)11-15;3*1-3-4-2;/h6-9,11-12H,1,5,10H2,2-3H3,(H,19,20);3*1,3-4H2,2H3;. The zero-order chi connectivity index (χ0) is 25.2. The number of benzene rings is 2. The number of methoxy groups -OCH3 is 1. The van der Waals surface area contributed by atoms with Crippen LogP contribution in [0.2, 0.25) is 13.3 Å². The molecule has 1 N–H and O–H groups in total. The van der Waals surface area contributed by atoms with Gasteiger partial charge in [-0.25, -0.2) is 0 Å². The van der Waals surface area contributed by atoms with Gasteiger partial charge in [0.15, 0.2) is 0 Å². The van der Waals surface area contributed by atoms with Crippen molar-refractivity contribution in [3.05, 3.63) is 52.1 Å². The number of carboxylic acid groups (broad SMARTS) is 1. The second-order valence-electron chi connectivity index (χ2n) is 10.3. The summed E-state index contributed by atoms with van der Waals surface area (Å²) < 4.78 is 11.0. The fourth-order valence-electron chi connectivity index (χ4n) is 5.19. The Labute approximate surface area is 211 Å². The van der Waals surface area contributed by atoms with Crippen LogP contribution in [0.5, 0.6) is 5.75 Å². The molecule has 0 heterocycles. The Kier molecular flexibility index (Phi) is 11.5. The minimum absolute atomic E-state index is 0.617. The molecule has 0 aliphatic heterocycles. The number of fused-ring (bicyclic) bond motifs is 1. The molecule has 0 radical (unpaired) electrons. The van der Waals surface area contributed by atoms with Crippen molar-refractivity contribution in [1.82, 2.24) is 0 Å². The molecule has 0 spiro atoms. The van der Waals surface area contributed by atoms with Gasteiger partial charge in [0.2, 0.25) is 0 Å². The van der Waals surface area contributed by atoms with E-state index < -0.39 is 29.8 Å². The van der Waals surface area contributed by atoms with Gasteiger partial charge in [0.1, 0.15) is 0 Å². The van der Waals surface area contributed by atoms with E-state index in [9.17, 15) is 9.90 Å². The molecule has 0 aliphatic rings. The molecule has 3 nitrogen and oxygen atoms in total. The maximum atomic E-state index is 12.6. The van der Waals surface area contributed by atoms with Crippen molar-refractivity contribution in [2.45, 2.75) is 97.8 Å². The Balaban J connectivity index is 2.32. The second-order valence-corrected chi connectivity index (χ2v) is 23.9. The Morgan fingerprint density at radius 3 is 1.97 bits per heavy atom. The number of aliphatic carboxylic acids is 1. The van der Waals surface area contributed by atoms with E-state index in [1.54, 1.807) is 7.11 Å².